The minimum absolute atomic E-state index is 0.160. The van der Waals surface area contributed by atoms with Crippen molar-refractivity contribution in [3.05, 3.63) is 42.7 Å². The standard InChI is InChI=1S/C15H13F2N5/c16-15(17)6-7-21(10-15)14-18-8-11-9-19-22(13(11)20-14)12-4-2-1-3-5-12/h1-5,8-9H,6-7,10H2. The molecule has 7 heteroatoms. The van der Waals surface area contributed by atoms with Gasteiger partial charge in [0.2, 0.25) is 5.95 Å². The van der Waals surface area contributed by atoms with E-state index in [-0.39, 0.29) is 19.5 Å². The summed E-state index contributed by atoms with van der Waals surface area (Å²) >= 11 is 0. The van der Waals surface area contributed by atoms with Gasteiger partial charge in [-0.3, -0.25) is 0 Å². The average Bonchev–Trinajstić information content (AvgIpc) is 3.10. The van der Waals surface area contributed by atoms with Crippen molar-refractivity contribution in [2.24, 2.45) is 0 Å². The van der Waals surface area contributed by atoms with E-state index in [0.717, 1.165) is 11.1 Å². The van der Waals surface area contributed by atoms with Crippen LogP contribution in [0.2, 0.25) is 0 Å². The Kier molecular flexibility index (Phi) is 2.82. The first-order chi connectivity index (χ1) is 10.6. The van der Waals surface area contributed by atoms with Crippen molar-refractivity contribution in [2.45, 2.75) is 12.3 Å². The molecule has 1 fully saturated rings. The van der Waals surface area contributed by atoms with E-state index in [9.17, 15) is 8.78 Å². The zero-order valence-electron chi connectivity index (χ0n) is 11.7. The summed E-state index contributed by atoms with van der Waals surface area (Å²) in [7, 11) is 0. The Morgan fingerprint density at radius 2 is 1.91 bits per heavy atom. The summed E-state index contributed by atoms with van der Waals surface area (Å²) in [6.07, 6.45) is 3.14. The Morgan fingerprint density at radius 1 is 1.09 bits per heavy atom. The number of nitrogens with zero attached hydrogens (tertiary/aromatic N) is 5. The maximum atomic E-state index is 13.4. The lowest BCUT2D eigenvalue weighted by Gasteiger charge is -2.15. The Bertz CT molecular complexity index is 815. The molecule has 0 unspecified atom stereocenters. The molecule has 1 aliphatic rings. The summed E-state index contributed by atoms with van der Waals surface area (Å²) in [4.78, 5) is 10.1. The van der Waals surface area contributed by atoms with Crippen LogP contribution in [0.5, 0.6) is 0 Å². The van der Waals surface area contributed by atoms with Gasteiger partial charge in [0.05, 0.1) is 23.8 Å². The molecule has 3 aromatic rings. The molecule has 0 amide bonds. The molecule has 0 spiro atoms. The van der Waals surface area contributed by atoms with E-state index < -0.39 is 5.92 Å². The molecule has 0 bridgehead atoms. The predicted octanol–water partition coefficient (Wildman–Crippen LogP) is 2.66. The van der Waals surface area contributed by atoms with Crippen molar-refractivity contribution in [1.82, 2.24) is 19.7 Å². The van der Waals surface area contributed by atoms with Gasteiger partial charge in [-0.2, -0.15) is 10.1 Å². The maximum Gasteiger partial charge on any atom is 0.267 e. The molecule has 0 atom stereocenters. The molecular formula is C15H13F2N5. The van der Waals surface area contributed by atoms with Crippen LogP contribution in [0.3, 0.4) is 0 Å². The second-order valence-corrected chi connectivity index (χ2v) is 5.37. The zero-order valence-corrected chi connectivity index (χ0v) is 11.7. The van der Waals surface area contributed by atoms with E-state index in [1.807, 2.05) is 30.3 Å². The lowest BCUT2D eigenvalue weighted by atomic mass is 10.3. The smallest absolute Gasteiger partial charge is 0.267 e. The van der Waals surface area contributed by atoms with Crippen LogP contribution in [-0.2, 0) is 0 Å². The zero-order chi connectivity index (χ0) is 15.2. The number of para-hydroxylation sites is 1. The number of alkyl halides is 2. The first-order valence-corrected chi connectivity index (χ1v) is 7.01. The Hall–Kier alpha value is -2.57. The summed E-state index contributed by atoms with van der Waals surface area (Å²) < 4.78 is 28.4. The van der Waals surface area contributed by atoms with E-state index in [1.165, 1.54) is 4.90 Å². The second kappa shape index (κ2) is 4.72. The number of aromatic nitrogens is 4. The van der Waals surface area contributed by atoms with Crippen LogP contribution in [0.4, 0.5) is 14.7 Å². The summed E-state index contributed by atoms with van der Waals surface area (Å²) in [5.74, 6) is -2.35. The minimum Gasteiger partial charge on any atom is -0.335 e. The fourth-order valence-corrected chi connectivity index (χ4v) is 2.63. The van der Waals surface area contributed by atoms with Crippen LogP contribution in [0, 0.1) is 0 Å². The number of rotatable bonds is 2. The number of anilines is 1. The molecule has 0 radical (unpaired) electrons. The summed E-state index contributed by atoms with van der Waals surface area (Å²) in [5, 5.41) is 5.09. The molecular weight excluding hydrogens is 288 g/mol. The van der Waals surface area contributed by atoms with Gasteiger partial charge in [0, 0.05) is 19.2 Å². The van der Waals surface area contributed by atoms with Crippen LogP contribution in [-0.4, -0.2) is 38.8 Å². The number of hydrogen-bond donors (Lipinski definition) is 0. The first-order valence-electron chi connectivity index (χ1n) is 7.01. The van der Waals surface area contributed by atoms with E-state index in [4.69, 9.17) is 0 Å². The van der Waals surface area contributed by atoms with Crippen LogP contribution >= 0.6 is 0 Å². The van der Waals surface area contributed by atoms with E-state index in [1.54, 1.807) is 17.1 Å². The molecule has 112 valence electrons. The van der Waals surface area contributed by atoms with Crippen molar-refractivity contribution in [2.75, 3.05) is 18.0 Å². The molecule has 0 saturated carbocycles. The van der Waals surface area contributed by atoms with Crippen molar-refractivity contribution < 1.29 is 8.78 Å². The molecule has 0 aliphatic carbocycles. The van der Waals surface area contributed by atoms with Gasteiger partial charge < -0.3 is 4.90 Å². The van der Waals surface area contributed by atoms with Gasteiger partial charge in [-0.15, -0.1) is 0 Å². The molecule has 3 heterocycles. The van der Waals surface area contributed by atoms with Gasteiger partial charge >= 0.3 is 0 Å². The fourth-order valence-electron chi connectivity index (χ4n) is 2.63. The number of fused-ring (bicyclic) bond motifs is 1. The molecule has 1 saturated heterocycles. The third-order valence-electron chi connectivity index (χ3n) is 3.75. The quantitative estimate of drug-likeness (QED) is 0.730. The third-order valence-corrected chi connectivity index (χ3v) is 3.75. The molecule has 5 nitrogen and oxygen atoms in total. The monoisotopic (exact) mass is 301 g/mol. The fraction of sp³-hybridized carbons (Fsp3) is 0.267. The van der Waals surface area contributed by atoms with Gasteiger partial charge in [0.1, 0.15) is 0 Å². The van der Waals surface area contributed by atoms with E-state index in [2.05, 4.69) is 15.1 Å². The van der Waals surface area contributed by atoms with E-state index >= 15 is 0 Å². The summed E-state index contributed by atoms with van der Waals surface area (Å²) in [6, 6.07) is 9.57. The lowest BCUT2D eigenvalue weighted by Crippen LogP contribution is -2.26. The SMILES string of the molecule is FC1(F)CCN(c2ncc3cnn(-c4ccccc4)c3n2)C1. The number of hydrogen-bond acceptors (Lipinski definition) is 4. The summed E-state index contributed by atoms with van der Waals surface area (Å²) in [6.45, 7) is -0.0735. The Labute approximate surface area is 125 Å². The largest absolute Gasteiger partial charge is 0.335 e. The van der Waals surface area contributed by atoms with Crippen molar-refractivity contribution >= 4 is 17.0 Å². The highest BCUT2D eigenvalue weighted by Crippen LogP contribution is 2.29. The second-order valence-electron chi connectivity index (χ2n) is 5.37. The van der Waals surface area contributed by atoms with E-state index in [0.29, 0.717) is 11.6 Å². The molecule has 1 aromatic carbocycles. The number of benzene rings is 1. The Balaban J connectivity index is 1.77. The summed E-state index contributed by atoms with van der Waals surface area (Å²) in [5.41, 5.74) is 1.49. The predicted molar refractivity (Wildman–Crippen MR) is 78.4 cm³/mol. The van der Waals surface area contributed by atoms with Gasteiger partial charge in [-0.05, 0) is 12.1 Å². The van der Waals surface area contributed by atoms with Crippen LogP contribution in [0.25, 0.3) is 16.7 Å². The number of halogens is 2. The van der Waals surface area contributed by atoms with Gasteiger partial charge in [-0.25, -0.2) is 18.4 Å². The van der Waals surface area contributed by atoms with Crippen molar-refractivity contribution in [3.63, 3.8) is 0 Å². The Morgan fingerprint density at radius 3 is 2.64 bits per heavy atom. The van der Waals surface area contributed by atoms with Crippen LogP contribution in [0.15, 0.2) is 42.7 Å². The lowest BCUT2D eigenvalue weighted by molar-refractivity contribution is 0.0256. The average molecular weight is 301 g/mol. The first kappa shape index (κ1) is 13.1. The molecule has 1 aliphatic heterocycles. The molecule has 2 aromatic heterocycles. The highest BCUT2D eigenvalue weighted by atomic mass is 19.3. The van der Waals surface area contributed by atoms with Gasteiger partial charge in [0.15, 0.2) is 5.65 Å². The highest BCUT2D eigenvalue weighted by Gasteiger charge is 2.39. The third kappa shape index (κ3) is 2.18. The van der Waals surface area contributed by atoms with Gasteiger partial charge in [-0.1, -0.05) is 18.2 Å². The molecule has 0 N–H and O–H groups in total. The van der Waals surface area contributed by atoms with Crippen molar-refractivity contribution in [3.8, 4) is 5.69 Å². The maximum absolute atomic E-state index is 13.4. The molecule has 22 heavy (non-hydrogen) atoms. The highest BCUT2D eigenvalue weighted by molar-refractivity contribution is 5.76. The van der Waals surface area contributed by atoms with Gasteiger partial charge in [0.25, 0.3) is 5.92 Å². The van der Waals surface area contributed by atoms with Crippen LogP contribution in [0.1, 0.15) is 6.42 Å². The topological polar surface area (TPSA) is 46.8 Å². The normalized spacial score (nSPS) is 17.3. The minimum atomic E-state index is -2.67. The van der Waals surface area contributed by atoms with Crippen LogP contribution < -0.4 is 4.90 Å². The molecule has 4 rings (SSSR count). The van der Waals surface area contributed by atoms with Crippen molar-refractivity contribution in [1.29, 1.82) is 0 Å².